The van der Waals surface area contributed by atoms with Gasteiger partial charge < -0.3 is 10.6 Å². The Morgan fingerprint density at radius 3 is 1.47 bits per heavy atom. The monoisotopic (exact) mass is 494 g/mol. The first-order valence-electron chi connectivity index (χ1n) is 15.6. The first kappa shape index (κ1) is 24.0. The second kappa shape index (κ2) is 7.98. The molecule has 200 valence electrons. The van der Waals surface area contributed by atoms with Crippen molar-refractivity contribution in [2.24, 2.45) is 57.2 Å². The predicted octanol–water partition coefficient (Wildman–Crippen LogP) is 6.24. The van der Waals surface area contributed by atoms with Crippen LogP contribution in [0.4, 0.5) is 0 Å². The van der Waals surface area contributed by atoms with Crippen molar-refractivity contribution in [3.05, 3.63) is 0 Å². The van der Waals surface area contributed by atoms with Gasteiger partial charge in [-0.3, -0.25) is 9.59 Å². The molecule has 9 fully saturated rings. The molecule has 8 bridgehead atoms. The smallest absolute Gasteiger partial charge is 0.226 e. The third-order valence-electron chi connectivity index (χ3n) is 12.5. The van der Waals surface area contributed by atoms with Gasteiger partial charge in [0.2, 0.25) is 11.8 Å². The van der Waals surface area contributed by atoms with Crippen molar-refractivity contribution in [2.45, 2.75) is 123 Å². The molecule has 0 saturated heterocycles. The van der Waals surface area contributed by atoms with E-state index in [1.54, 1.807) is 0 Å². The zero-order valence-electron chi connectivity index (χ0n) is 23.2. The summed E-state index contributed by atoms with van der Waals surface area (Å²) < 4.78 is 0. The molecule has 0 aromatic carbocycles. The van der Waals surface area contributed by atoms with Crippen LogP contribution in [0.25, 0.3) is 0 Å². The van der Waals surface area contributed by atoms with Crippen molar-refractivity contribution >= 4 is 11.8 Å². The minimum absolute atomic E-state index is 0.0408. The predicted molar refractivity (Wildman–Crippen MR) is 142 cm³/mol. The summed E-state index contributed by atoms with van der Waals surface area (Å²) in [5, 5.41) is 7.15. The molecule has 2 atom stereocenters. The Morgan fingerprint density at radius 2 is 1.03 bits per heavy atom. The summed E-state index contributed by atoms with van der Waals surface area (Å²) in [6.07, 6.45) is 18.3. The van der Waals surface area contributed by atoms with E-state index in [0.717, 1.165) is 99.8 Å². The van der Waals surface area contributed by atoms with E-state index >= 15 is 0 Å². The first-order valence-corrected chi connectivity index (χ1v) is 15.6. The van der Waals surface area contributed by atoms with E-state index in [4.69, 9.17) is 0 Å². The molecular weight excluding hydrogens is 444 g/mol. The molecule has 4 heteroatoms. The van der Waals surface area contributed by atoms with E-state index < -0.39 is 0 Å². The molecule has 2 amide bonds. The average Bonchev–Trinajstić information content (AvgIpc) is 2.74. The highest BCUT2D eigenvalue weighted by atomic mass is 16.2. The number of amides is 2. The highest BCUT2D eigenvalue weighted by Crippen LogP contribution is 2.61. The maximum Gasteiger partial charge on any atom is 0.226 e. The van der Waals surface area contributed by atoms with Crippen LogP contribution in [0.2, 0.25) is 0 Å². The lowest BCUT2D eigenvalue weighted by atomic mass is 9.49. The van der Waals surface area contributed by atoms with Gasteiger partial charge in [0.25, 0.3) is 0 Å². The van der Waals surface area contributed by atoms with Gasteiger partial charge in [-0.15, -0.1) is 0 Å². The maximum absolute atomic E-state index is 13.8. The average molecular weight is 495 g/mol. The topological polar surface area (TPSA) is 58.2 Å². The van der Waals surface area contributed by atoms with Crippen LogP contribution < -0.4 is 10.6 Å². The molecule has 0 aliphatic heterocycles. The number of carbonyl (C=O) groups is 2. The Morgan fingerprint density at radius 1 is 0.611 bits per heavy atom. The number of hydrogen-bond donors (Lipinski definition) is 2. The van der Waals surface area contributed by atoms with Gasteiger partial charge in [-0.2, -0.15) is 0 Å². The van der Waals surface area contributed by atoms with Crippen LogP contribution in [0.3, 0.4) is 0 Å². The first-order chi connectivity index (χ1) is 17.0. The largest absolute Gasteiger partial charge is 0.355 e. The van der Waals surface area contributed by atoms with Gasteiger partial charge >= 0.3 is 0 Å². The van der Waals surface area contributed by atoms with Gasteiger partial charge in [-0.1, -0.05) is 20.8 Å². The molecule has 9 saturated carbocycles. The molecule has 0 aromatic heterocycles. The summed E-state index contributed by atoms with van der Waals surface area (Å²) in [6.45, 7) is 7.88. The van der Waals surface area contributed by atoms with Crippen molar-refractivity contribution in [2.75, 3.05) is 6.54 Å². The van der Waals surface area contributed by atoms with Crippen molar-refractivity contribution in [1.82, 2.24) is 10.6 Å². The fraction of sp³-hybridized carbons (Fsp3) is 0.938. The van der Waals surface area contributed by atoms with E-state index in [1.165, 1.54) is 38.5 Å². The molecule has 0 heterocycles. The molecular formula is C32H50N2O2. The Kier molecular flexibility index (Phi) is 5.32. The lowest BCUT2D eigenvalue weighted by Crippen LogP contribution is -2.58. The summed E-state index contributed by atoms with van der Waals surface area (Å²) in [5.41, 5.74) is 0.0812. The van der Waals surface area contributed by atoms with Crippen molar-refractivity contribution in [3.8, 4) is 0 Å². The van der Waals surface area contributed by atoms with Crippen LogP contribution in [0.1, 0.15) is 117 Å². The van der Waals surface area contributed by atoms with Crippen LogP contribution in [0.5, 0.6) is 0 Å². The summed E-state index contributed by atoms with van der Waals surface area (Å²) >= 11 is 0. The quantitative estimate of drug-likeness (QED) is 0.475. The highest BCUT2D eigenvalue weighted by Gasteiger charge is 2.56. The van der Waals surface area contributed by atoms with Gasteiger partial charge in [0.05, 0.1) is 0 Å². The Balaban J connectivity index is 1.01. The molecule has 0 radical (unpaired) electrons. The summed E-state index contributed by atoms with van der Waals surface area (Å²) in [4.78, 5) is 27.5. The fourth-order valence-corrected chi connectivity index (χ4v) is 12.5. The van der Waals surface area contributed by atoms with Crippen molar-refractivity contribution in [1.29, 1.82) is 0 Å². The Hall–Kier alpha value is -1.06. The number of nitrogens with one attached hydrogen (secondary N) is 2. The molecule has 36 heavy (non-hydrogen) atoms. The normalized spacial score (nSPS) is 51.8. The van der Waals surface area contributed by atoms with Crippen LogP contribution in [0.15, 0.2) is 0 Å². The molecule has 0 spiro atoms. The van der Waals surface area contributed by atoms with Crippen LogP contribution in [-0.2, 0) is 9.59 Å². The summed E-state index contributed by atoms with van der Waals surface area (Å²) in [6, 6.07) is 0.232. The molecule has 2 unspecified atom stereocenters. The number of hydrogen-bond acceptors (Lipinski definition) is 2. The summed E-state index contributed by atoms with van der Waals surface area (Å²) in [5.74, 6) is 5.55. The van der Waals surface area contributed by atoms with Crippen molar-refractivity contribution < 1.29 is 9.59 Å². The van der Waals surface area contributed by atoms with Crippen LogP contribution in [0, 0.1) is 57.2 Å². The number of carbonyl (C=O) groups excluding carboxylic acids is 2. The molecule has 2 N–H and O–H groups in total. The Labute approximate surface area is 218 Å². The minimum atomic E-state index is -0.0700. The van der Waals surface area contributed by atoms with E-state index in [1.807, 2.05) is 0 Å². The van der Waals surface area contributed by atoms with Gasteiger partial charge in [0.1, 0.15) is 0 Å². The zero-order valence-corrected chi connectivity index (χ0v) is 23.2. The highest BCUT2D eigenvalue weighted by molar-refractivity contribution is 5.84. The fourth-order valence-electron chi connectivity index (χ4n) is 12.5. The SMILES string of the molecule is CC1(C)CC(NC(=O)C23CC4CC(CC(C4)C2)C3)CC(C)(CNC(=O)C23CC4CC(CC(C4)C2)C3)C1. The van der Waals surface area contributed by atoms with E-state index in [0.29, 0.717) is 11.8 Å². The summed E-state index contributed by atoms with van der Waals surface area (Å²) in [7, 11) is 0. The second-order valence-electron chi connectivity index (χ2n) is 16.8. The minimum Gasteiger partial charge on any atom is -0.355 e. The third-order valence-corrected chi connectivity index (χ3v) is 12.5. The zero-order chi connectivity index (χ0) is 24.9. The molecule has 4 nitrogen and oxygen atoms in total. The second-order valence-corrected chi connectivity index (χ2v) is 16.8. The molecule has 9 aliphatic rings. The van der Waals surface area contributed by atoms with Crippen LogP contribution in [-0.4, -0.2) is 24.4 Å². The van der Waals surface area contributed by atoms with Crippen LogP contribution >= 0.6 is 0 Å². The van der Waals surface area contributed by atoms with Gasteiger partial charge in [0.15, 0.2) is 0 Å². The van der Waals surface area contributed by atoms with Gasteiger partial charge in [-0.25, -0.2) is 0 Å². The number of rotatable bonds is 5. The van der Waals surface area contributed by atoms with Crippen molar-refractivity contribution in [3.63, 3.8) is 0 Å². The van der Waals surface area contributed by atoms with E-state index in [-0.39, 0.29) is 27.7 Å². The van der Waals surface area contributed by atoms with Gasteiger partial charge in [0, 0.05) is 23.4 Å². The lowest BCUT2D eigenvalue weighted by molar-refractivity contribution is -0.149. The standard InChI is InChI=1S/C32H50N2O2/c1-29(2)16-26(34-28(36)32-13-23-7-24(14-32)9-25(8-23)15-32)17-30(3,18-29)19-33-27(35)31-10-20-4-21(11-31)6-22(5-20)12-31/h20-26H,4-19H2,1-3H3,(H,33,35)(H,34,36). The maximum atomic E-state index is 13.8. The van der Waals surface area contributed by atoms with E-state index in [2.05, 4.69) is 31.4 Å². The van der Waals surface area contributed by atoms with Gasteiger partial charge in [-0.05, 0) is 143 Å². The third kappa shape index (κ3) is 4.06. The lowest BCUT2D eigenvalue weighted by Gasteiger charge is -2.56. The molecule has 9 aliphatic carbocycles. The molecule has 9 rings (SSSR count). The Bertz CT molecular complexity index is 866. The van der Waals surface area contributed by atoms with E-state index in [9.17, 15) is 9.59 Å². The molecule has 0 aromatic rings.